The van der Waals surface area contributed by atoms with Gasteiger partial charge in [0.15, 0.2) is 5.16 Å². The lowest BCUT2D eigenvalue weighted by Crippen LogP contribution is -2.17. The lowest BCUT2D eigenvalue weighted by molar-refractivity contribution is -0.113. The molecule has 1 aliphatic carbocycles. The van der Waals surface area contributed by atoms with E-state index in [0.29, 0.717) is 29.0 Å². The number of aryl methyl sites for hydroxylation is 1. The largest absolute Gasteiger partial charge is 0.497 e. The zero-order valence-corrected chi connectivity index (χ0v) is 17.9. The van der Waals surface area contributed by atoms with E-state index >= 15 is 0 Å². The van der Waals surface area contributed by atoms with Crippen molar-refractivity contribution in [3.63, 3.8) is 0 Å². The van der Waals surface area contributed by atoms with Gasteiger partial charge in [-0.25, -0.2) is 4.98 Å². The van der Waals surface area contributed by atoms with Crippen LogP contribution in [0.4, 0.5) is 5.69 Å². The first-order valence-electron chi connectivity index (χ1n) is 9.73. The average Bonchev–Trinajstić information content (AvgIpc) is 3.00. The van der Waals surface area contributed by atoms with Crippen LogP contribution in [0.25, 0.3) is 0 Å². The first kappa shape index (κ1) is 20.6. The van der Waals surface area contributed by atoms with Gasteiger partial charge in [0.1, 0.15) is 11.5 Å². The molecule has 1 fully saturated rings. The summed E-state index contributed by atoms with van der Waals surface area (Å²) in [4.78, 5) is 17.3. The van der Waals surface area contributed by atoms with Crippen LogP contribution >= 0.6 is 11.8 Å². The van der Waals surface area contributed by atoms with E-state index in [1.165, 1.54) is 49.6 Å². The van der Waals surface area contributed by atoms with Crippen molar-refractivity contribution in [3.8, 4) is 11.5 Å². The van der Waals surface area contributed by atoms with Crippen LogP contribution in [0.2, 0.25) is 0 Å². The zero-order valence-electron chi connectivity index (χ0n) is 17.1. The van der Waals surface area contributed by atoms with Crippen LogP contribution in [0.15, 0.2) is 23.4 Å². The molecule has 0 spiro atoms. The van der Waals surface area contributed by atoms with Crippen LogP contribution in [0.1, 0.15) is 49.5 Å². The van der Waals surface area contributed by atoms with E-state index in [1.807, 2.05) is 6.92 Å². The Kier molecular flexibility index (Phi) is 6.88. The van der Waals surface area contributed by atoms with E-state index in [4.69, 9.17) is 14.5 Å². The molecule has 1 heterocycles. The number of anilines is 1. The Bertz CT molecular complexity index is 829. The van der Waals surface area contributed by atoms with Gasteiger partial charge in [-0.05, 0) is 38.8 Å². The molecule has 6 nitrogen and oxygen atoms in total. The number of amides is 1. The fourth-order valence-electron chi connectivity index (χ4n) is 3.70. The molecular weight excluding hydrogens is 374 g/mol. The van der Waals surface area contributed by atoms with Crippen molar-refractivity contribution in [2.45, 2.75) is 57.1 Å². The molecule has 1 saturated carbocycles. The molecule has 28 heavy (non-hydrogen) atoms. The van der Waals surface area contributed by atoms with Gasteiger partial charge < -0.3 is 19.4 Å². The van der Waals surface area contributed by atoms with E-state index in [0.717, 1.165) is 10.9 Å². The summed E-state index contributed by atoms with van der Waals surface area (Å²) in [6.07, 6.45) is 6.23. The Balaban J connectivity index is 1.69. The highest BCUT2D eigenvalue weighted by Crippen LogP contribution is 2.34. The number of methoxy groups -OCH3 is 2. The van der Waals surface area contributed by atoms with Gasteiger partial charge in [-0.1, -0.05) is 31.0 Å². The van der Waals surface area contributed by atoms with Gasteiger partial charge in [0, 0.05) is 17.8 Å². The molecule has 0 saturated heterocycles. The number of carbonyl (C=O) groups excluding carboxylic acids is 1. The lowest BCUT2D eigenvalue weighted by atomic mass is 9.95. The molecular formula is C21H29N3O3S. The molecule has 0 radical (unpaired) electrons. The van der Waals surface area contributed by atoms with E-state index in [2.05, 4.69) is 16.8 Å². The second-order valence-electron chi connectivity index (χ2n) is 7.13. The molecule has 1 aliphatic rings. The first-order chi connectivity index (χ1) is 13.5. The molecule has 0 bridgehead atoms. The Hall–Kier alpha value is -2.15. The standard InChI is InChI=1S/C21H29N3O3S/c1-14-15(2)24(16-8-6-5-7-9-16)21(22-14)28-13-20(25)23-18-12-17(26-3)10-11-19(18)27-4/h10-12,16H,5-9,13H2,1-4H3,(H,23,25). The third kappa shape index (κ3) is 4.63. The molecule has 0 unspecified atom stereocenters. The summed E-state index contributed by atoms with van der Waals surface area (Å²) < 4.78 is 12.9. The fraction of sp³-hybridized carbons (Fsp3) is 0.524. The monoisotopic (exact) mass is 403 g/mol. The average molecular weight is 404 g/mol. The summed E-state index contributed by atoms with van der Waals surface area (Å²) in [6, 6.07) is 5.84. The van der Waals surface area contributed by atoms with Gasteiger partial charge in [-0.2, -0.15) is 0 Å². The van der Waals surface area contributed by atoms with E-state index in [9.17, 15) is 4.79 Å². The van der Waals surface area contributed by atoms with Crippen molar-refractivity contribution in [1.29, 1.82) is 0 Å². The minimum Gasteiger partial charge on any atom is -0.497 e. The Morgan fingerprint density at radius 2 is 1.96 bits per heavy atom. The number of aromatic nitrogens is 2. The number of nitrogens with one attached hydrogen (secondary N) is 1. The SMILES string of the molecule is COc1ccc(OC)c(NC(=O)CSc2nc(C)c(C)n2C2CCCCC2)c1. The van der Waals surface area contributed by atoms with Gasteiger partial charge in [0.2, 0.25) is 5.91 Å². The topological polar surface area (TPSA) is 65.4 Å². The molecule has 1 aromatic carbocycles. The van der Waals surface area contributed by atoms with E-state index < -0.39 is 0 Å². The minimum atomic E-state index is -0.0925. The van der Waals surface area contributed by atoms with Gasteiger partial charge in [-0.3, -0.25) is 4.79 Å². The zero-order chi connectivity index (χ0) is 20.1. The van der Waals surface area contributed by atoms with E-state index in [-0.39, 0.29) is 5.91 Å². The van der Waals surface area contributed by atoms with Crippen molar-refractivity contribution in [2.75, 3.05) is 25.3 Å². The molecule has 0 aliphatic heterocycles. The van der Waals surface area contributed by atoms with Crippen LogP contribution in [-0.4, -0.2) is 35.4 Å². The van der Waals surface area contributed by atoms with Crippen LogP contribution in [0.3, 0.4) is 0 Å². The normalized spacial score (nSPS) is 14.7. The second-order valence-corrected chi connectivity index (χ2v) is 8.07. The number of carbonyl (C=O) groups is 1. The fourth-order valence-corrected chi connectivity index (χ4v) is 4.65. The third-order valence-electron chi connectivity index (χ3n) is 5.31. The van der Waals surface area contributed by atoms with Crippen molar-refractivity contribution in [1.82, 2.24) is 9.55 Å². The number of hydrogen-bond donors (Lipinski definition) is 1. The Labute approximate surface area is 171 Å². The summed E-state index contributed by atoms with van der Waals surface area (Å²) in [7, 11) is 3.18. The van der Waals surface area contributed by atoms with Crippen molar-refractivity contribution >= 4 is 23.4 Å². The molecule has 152 valence electrons. The minimum absolute atomic E-state index is 0.0925. The lowest BCUT2D eigenvalue weighted by Gasteiger charge is -2.26. The number of nitrogens with zero attached hydrogens (tertiary/aromatic N) is 2. The molecule has 1 aromatic heterocycles. The molecule has 1 N–H and O–H groups in total. The molecule has 2 aromatic rings. The highest BCUT2D eigenvalue weighted by molar-refractivity contribution is 7.99. The molecule has 7 heteroatoms. The number of thioether (sulfide) groups is 1. The molecule has 0 atom stereocenters. The maximum Gasteiger partial charge on any atom is 0.234 e. The van der Waals surface area contributed by atoms with Gasteiger partial charge in [-0.15, -0.1) is 0 Å². The summed E-state index contributed by atoms with van der Waals surface area (Å²) in [5, 5.41) is 3.86. The van der Waals surface area contributed by atoms with Crippen molar-refractivity contribution < 1.29 is 14.3 Å². The second kappa shape index (κ2) is 9.37. The number of benzene rings is 1. The molecule has 1 amide bonds. The highest BCUT2D eigenvalue weighted by atomic mass is 32.2. The smallest absolute Gasteiger partial charge is 0.234 e. The Morgan fingerprint density at radius 1 is 1.21 bits per heavy atom. The van der Waals surface area contributed by atoms with Crippen molar-refractivity contribution in [3.05, 3.63) is 29.6 Å². The predicted molar refractivity (Wildman–Crippen MR) is 113 cm³/mol. The van der Waals surface area contributed by atoms with Crippen LogP contribution < -0.4 is 14.8 Å². The number of rotatable bonds is 7. The van der Waals surface area contributed by atoms with Gasteiger partial charge in [0.05, 0.1) is 31.4 Å². The molecule has 3 rings (SSSR count). The predicted octanol–water partition coefficient (Wildman–Crippen LogP) is 4.75. The van der Waals surface area contributed by atoms with Crippen LogP contribution in [0.5, 0.6) is 11.5 Å². The number of imidazole rings is 1. The number of ether oxygens (including phenoxy) is 2. The Morgan fingerprint density at radius 3 is 2.64 bits per heavy atom. The van der Waals surface area contributed by atoms with Gasteiger partial charge in [0.25, 0.3) is 0 Å². The van der Waals surface area contributed by atoms with Crippen LogP contribution in [0, 0.1) is 13.8 Å². The quantitative estimate of drug-likeness (QED) is 0.676. The summed E-state index contributed by atoms with van der Waals surface area (Å²) in [5.74, 6) is 1.48. The summed E-state index contributed by atoms with van der Waals surface area (Å²) in [5.41, 5.74) is 2.86. The summed E-state index contributed by atoms with van der Waals surface area (Å²) in [6.45, 7) is 4.17. The van der Waals surface area contributed by atoms with Crippen molar-refractivity contribution in [2.24, 2.45) is 0 Å². The maximum atomic E-state index is 12.6. The maximum absolute atomic E-state index is 12.6. The highest BCUT2D eigenvalue weighted by Gasteiger charge is 2.22. The number of hydrogen-bond acceptors (Lipinski definition) is 5. The van der Waals surface area contributed by atoms with E-state index in [1.54, 1.807) is 32.4 Å². The third-order valence-corrected chi connectivity index (χ3v) is 6.26. The van der Waals surface area contributed by atoms with Gasteiger partial charge >= 0.3 is 0 Å². The van der Waals surface area contributed by atoms with Crippen LogP contribution in [-0.2, 0) is 4.79 Å². The summed E-state index contributed by atoms with van der Waals surface area (Å²) >= 11 is 1.49. The first-order valence-corrected chi connectivity index (χ1v) is 10.7.